The van der Waals surface area contributed by atoms with Gasteiger partial charge in [-0.3, -0.25) is 14.9 Å². The Morgan fingerprint density at radius 1 is 0.968 bits per heavy atom. The van der Waals surface area contributed by atoms with Crippen LogP contribution in [0.1, 0.15) is 37.4 Å². The molecule has 0 spiro atoms. The second-order valence-electron chi connectivity index (χ2n) is 7.06. The van der Waals surface area contributed by atoms with Gasteiger partial charge in [-0.1, -0.05) is 41.4 Å². The van der Waals surface area contributed by atoms with Crippen molar-refractivity contribution in [3.63, 3.8) is 0 Å². The molecule has 3 aromatic carbocycles. The smallest absolute Gasteiger partial charge is 0.335 e. The highest BCUT2D eigenvalue weighted by Crippen LogP contribution is 2.24. The van der Waals surface area contributed by atoms with Crippen molar-refractivity contribution < 1.29 is 19.6 Å². The van der Waals surface area contributed by atoms with E-state index in [4.69, 9.17) is 16.7 Å². The predicted molar refractivity (Wildman–Crippen MR) is 116 cm³/mol. The molecule has 0 bridgehead atoms. The standard InChI is InChI=1S/C23H19ClN2O5/c1-15-2-4-16(5-3-15)13-25(22(27)17-8-10-20(24)11-9-17)14-19-7-6-18(23(28)29)12-21(19)26(30)31/h2-12H,13-14H2,1H3,(H,28,29). The molecule has 0 saturated heterocycles. The highest BCUT2D eigenvalue weighted by Gasteiger charge is 2.23. The Morgan fingerprint density at radius 2 is 1.58 bits per heavy atom. The Bertz CT molecular complexity index is 1130. The molecule has 0 fully saturated rings. The van der Waals surface area contributed by atoms with Crippen molar-refractivity contribution in [1.29, 1.82) is 0 Å². The molecule has 0 atom stereocenters. The monoisotopic (exact) mass is 438 g/mol. The number of aromatic carboxylic acids is 1. The summed E-state index contributed by atoms with van der Waals surface area (Å²) in [5.74, 6) is -1.59. The molecule has 0 saturated carbocycles. The van der Waals surface area contributed by atoms with Crippen molar-refractivity contribution in [2.45, 2.75) is 20.0 Å². The second kappa shape index (κ2) is 9.40. The number of benzene rings is 3. The zero-order valence-corrected chi connectivity index (χ0v) is 17.4. The van der Waals surface area contributed by atoms with Gasteiger partial charge in [0.05, 0.1) is 17.0 Å². The largest absolute Gasteiger partial charge is 0.478 e. The molecule has 0 unspecified atom stereocenters. The fourth-order valence-electron chi connectivity index (χ4n) is 3.09. The van der Waals surface area contributed by atoms with E-state index < -0.39 is 10.9 Å². The zero-order valence-electron chi connectivity index (χ0n) is 16.6. The number of carbonyl (C=O) groups excluding carboxylic acids is 1. The molecular weight excluding hydrogens is 420 g/mol. The Labute approximate surface area is 183 Å². The normalized spacial score (nSPS) is 10.5. The summed E-state index contributed by atoms with van der Waals surface area (Å²) in [5, 5.41) is 21.2. The van der Waals surface area contributed by atoms with Crippen LogP contribution in [-0.4, -0.2) is 26.8 Å². The fraction of sp³-hybridized carbons (Fsp3) is 0.130. The molecule has 0 aliphatic heterocycles. The van der Waals surface area contributed by atoms with Gasteiger partial charge in [-0.2, -0.15) is 0 Å². The number of nitro benzene ring substituents is 1. The maximum Gasteiger partial charge on any atom is 0.335 e. The zero-order chi connectivity index (χ0) is 22.5. The summed E-state index contributed by atoms with van der Waals surface area (Å²) in [5.41, 5.74) is 2.02. The first-order chi connectivity index (χ1) is 14.7. The SMILES string of the molecule is Cc1ccc(CN(Cc2ccc(C(=O)O)cc2[N+](=O)[O-])C(=O)c2ccc(Cl)cc2)cc1. The lowest BCUT2D eigenvalue weighted by atomic mass is 10.1. The van der Waals surface area contributed by atoms with E-state index in [1.165, 1.54) is 17.0 Å². The quantitative estimate of drug-likeness (QED) is 0.408. The van der Waals surface area contributed by atoms with Gasteiger partial charge < -0.3 is 10.0 Å². The van der Waals surface area contributed by atoms with E-state index in [9.17, 15) is 19.7 Å². The Morgan fingerprint density at radius 3 is 2.16 bits per heavy atom. The molecule has 7 nitrogen and oxygen atoms in total. The number of carboxylic acids is 1. The number of hydrogen-bond donors (Lipinski definition) is 1. The second-order valence-corrected chi connectivity index (χ2v) is 7.50. The van der Waals surface area contributed by atoms with E-state index in [0.29, 0.717) is 10.6 Å². The van der Waals surface area contributed by atoms with Gasteiger partial charge >= 0.3 is 5.97 Å². The Balaban J connectivity index is 1.98. The van der Waals surface area contributed by atoms with E-state index >= 15 is 0 Å². The van der Waals surface area contributed by atoms with Crippen LogP contribution >= 0.6 is 11.6 Å². The maximum atomic E-state index is 13.2. The van der Waals surface area contributed by atoms with Crippen molar-refractivity contribution in [1.82, 2.24) is 4.90 Å². The molecule has 3 rings (SSSR count). The average Bonchev–Trinajstić information content (AvgIpc) is 2.74. The molecule has 0 aliphatic rings. The first-order valence-electron chi connectivity index (χ1n) is 9.35. The number of carbonyl (C=O) groups is 2. The molecule has 1 amide bonds. The van der Waals surface area contributed by atoms with Gasteiger partial charge in [0, 0.05) is 28.8 Å². The van der Waals surface area contributed by atoms with E-state index in [1.807, 2.05) is 31.2 Å². The van der Waals surface area contributed by atoms with E-state index in [0.717, 1.165) is 17.2 Å². The molecule has 158 valence electrons. The lowest BCUT2D eigenvalue weighted by Crippen LogP contribution is -2.30. The number of hydrogen-bond acceptors (Lipinski definition) is 4. The van der Waals surface area contributed by atoms with Gasteiger partial charge in [-0.05, 0) is 48.9 Å². The van der Waals surface area contributed by atoms with Crippen molar-refractivity contribution in [3.8, 4) is 0 Å². The molecule has 0 heterocycles. The molecule has 8 heteroatoms. The maximum absolute atomic E-state index is 13.2. The molecule has 3 aromatic rings. The number of carboxylic acid groups (broad SMARTS) is 1. The van der Waals surface area contributed by atoms with Crippen LogP contribution in [0.25, 0.3) is 0 Å². The van der Waals surface area contributed by atoms with Gasteiger partial charge in [-0.15, -0.1) is 0 Å². The van der Waals surface area contributed by atoms with E-state index in [1.54, 1.807) is 24.3 Å². The molecule has 0 aromatic heterocycles. The molecular formula is C23H19ClN2O5. The van der Waals surface area contributed by atoms with Crippen LogP contribution in [0.5, 0.6) is 0 Å². The van der Waals surface area contributed by atoms with Gasteiger partial charge in [0.15, 0.2) is 0 Å². The minimum atomic E-state index is -1.26. The topological polar surface area (TPSA) is 101 Å². The summed E-state index contributed by atoms with van der Waals surface area (Å²) in [6, 6.07) is 17.7. The van der Waals surface area contributed by atoms with Crippen molar-refractivity contribution in [2.75, 3.05) is 0 Å². The van der Waals surface area contributed by atoms with Crippen molar-refractivity contribution in [3.05, 3.63) is 110 Å². The first-order valence-corrected chi connectivity index (χ1v) is 9.73. The fourth-order valence-corrected chi connectivity index (χ4v) is 3.22. The van der Waals surface area contributed by atoms with Gasteiger partial charge in [0.1, 0.15) is 0 Å². The summed E-state index contributed by atoms with van der Waals surface area (Å²) >= 11 is 5.92. The van der Waals surface area contributed by atoms with Crippen molar-refractivity contribution >= 4 is 29.2 Å². The van der Waals surface area contributed by atoms with Crippen molar-refractivity contribution in [2.24, 2.45) is 0 Å². The Hall–Kier alpha value is -3.71. The Kier molecular flexibility index (Phi) is 6.67. The minimum absolute atomic E-state index is 0.0639. The minimum Gasteiger partial charge on any atom is -0.478 e. The van der Waals surface area contributed by atoms with Crippen LogP contribution in [0, 0.1) is 17.0 Å². The number of nitro groups is 1. The summed E-state index contributed by atoms with van der Waals surface area (Å²) < 4.78 is 0. The van der Waals surface area contributed by atoms with Gasteiger partial charge in [0.25, 0.3) is 11.6 Å². The molecule has 1 N–H and O–H groups in total. The highest BCUT2D eigenvalue weighted by molar-refractivity contribution is 6.30. The van der Waals surface area contributed by atoms with Crippen LogP contribution in [0.15, 0.2) is 66.7 Å². The van der Waals surface area contributed by atoms with Crippen LogP contribution in [0.4, 0.5) is 5.69 Å². The van der Waals surface area contributed by atoms with Gasteiger partial charge in [0.2, 0.25) is 0 Å². The van der Waals surface area contributed by atoms with Crippen LogP contribution in [0.2, 0.25) is 5.02 Å². The summed E-state index contributed by atoms with van der Waals surface area (Å²) in [7, 11) is 0. The van der Waals surface area contributed by atoms with E-state index in [-0.39, 0.29) is 35.8 Å². The lowest BCUT2D eigenvalue weighted by molar-refractivity contribution is -0.385. The predicted octanol–water partition coefficient (Wildman–Crippen LogP) is 5.10. The van der Waals surface area contributed by atoms with Crippen LogP contribution < -0.4 is 0 Å². The third kappa shape index (κ3) is 5.46. The highest BCUT2D eigenvalue weighted by atomic mass is 35.5. The number of amides is 1. The average molecular weight is 439 g/mol. The molecule has 0 radical (unpaired) electrons. The summed E-state index contributed by atoms with van der Waals surface area (Å²) in [4.78, 5) is 36.8. The number of rotatable bonds is 7. The number of halogens is 1. The third-order valence-electron chi connectivity index (χ3n) is 4.76. The first kappa shape index (κ1) is 22.0. The summed E-state index contributed by atoms with van der Waals surface area (Å²) in [6.45, 7) is 2.11. The molecule has 0 aliphatic carbocycles. The third-order valence-corrected chi connectivity index (χ3v) is 5.01. The molecule has 31 heavy (non-hydrogen) atoms. The van der Waals surface area contributed by atoms with E-state index in [2.05, 4.69) is 0 Å². The van der Waals surface area contributed by atoms with Crippen LogP contribution in [-0.2, 0) is 13.1 Å². The summed E-state index contributed by atoms with van der Waals surface area (Å²) in [6.07, 6.45) is 0. The number of nitrogens with zero attached hydrogens (tertiary/aromatic N) is 2. The number of aryl methyl sites for hydroxylation is 1. The van der Waals surface area contributed by atoms with Crippen LogP contribution in [0.3, 0.4) is 0 Å². The lowest BCUT2D eigenvalue weighted by Gasteiger charge is -2.23. The van der Waals surface area contributed by atoms with Gasteiger partial charge in [-0.25, -0.2) is 4.79 Å².